The fourth-order valence-corrected chi connectivity index (χ4v) is 2.58. The van der Waals surface area contributed by atoms with Crippen LogP contribution in [-0.2, 0) is 4.74 Å². The van der Waals surface area contributed by atoms with Gasteiger partial charge in [0, 0.05) is 35.9 Å². The van der Waals surface area contributed by atoms with Crippen molar-refractivity contribution in [1.82, 2.24) is 0 Å². The first kappa shape index (κ1) is 15.5. The molecule has 2 atom stereocenters. The van der Waals surface area contributed by atoms with Crippen LogP contribution in [0.15, 0.2) is 22.7 Å². The summed E-state index contributed by atoms with van der Waals surface area (Å²) in [4.78, 5) is 2.33. The largest absolute Gasteiger partial charge is 0.383 e. The first-order chi connectivity index (χ1) is 8.51. The van der Waals surface area contributed by atoms with Crippen molar-refractivity contribution < 1.29 is 4.74 Å². The third kappa shape index (κ3) is 3.70. The van der Waals surface area contributed by atoms with Crippen LogP contribution in [0.25, 0.3) is 0 Å². The molecular formula is C14H23BrN2O. The van der Waals surface area contributed by atoms with Crippen molar-refractivity contribution in [3.63, 3.8) is 0 Å². The van der Waals surface area contributed by atoms with E-state index in [9.17, 15) is 0 Å². The number of ether oxygens (including phenoxy) is 1. The van der Waals surface area contributed by atoms with Crippen LogP contribution < -0.4 is 10.6 Å². The number of benzene rings is 1. The van der Waals surface area contributed by atoms with Crippen LogP contribution in [0, 0.1) is 0 Å². The van der Waals surface area contributed by atoms with E-state index in [0.29, 0.717) is 12.6 Å². The molecule has 0 saturated heterocycles. The Morgan fingerprint density at radius 3 is 2.56 bits per heavy atom. The van der Waals surface area contributed by atoms with E-state index in [4.69, 9.17) is 10.5 Å². The molecule has 1 rings (SSSR count). The van der Waals surface area contributed by atoms with Gasteiger partial charge in [-0.3, -0.25) is 0 Å². The average Bonchev–Trinajstić information content (AvgIpc) is 2.32. The number of nitrogens with zero attached hydrogens (tertiary/aromatic N) is 1. The Hall–Kier alpha value is -0.580. The van der Waals surface area contributed by atoms with Gasteiger partial charge in [-0.2, -0.15) is 0 Å². The number of nitrogens with two attached hydrogens (primary N) is 1. The first-order valence-electron chi connectivity index (χ1n) is 6.31. The minimum Gasteiger partial charge on any atom is -0.383 e. The normalized spacial score (nSPS) is 14.3. The van der Waals surface area contributed by atoms with Crippen molar-refractivity contribution >= 4 is 21.6 Å². The summed E-state index contributed by atoms with van der Waals surface area (Å²) in [6, 6.07) is 6.63. The molecule has 0 aromatic heterocycles. The zero-order chi connectivity index (χ0) is 13.7. The number of rotatable bonds is 6. The molecular weight excluding hydrogens is 292 g/mol. The lowest BCUT2D eigenvalue weighted by atomic mass is 10.0. The molecule has 1 aromatic carbocycles. The van der Waals surface area contributed by atoms with Crippen LogP contribution in [0.1, 0.15) is 32.4 Å². The minimum absolute atomic E-state index is 0.0151. The monoisotopic (exact) mass is 314 g/mol. The summed E-state index contributed by atoms with van der Waals surface area (Å²) in [5.41, 5.74) is 8.43. The van der Waals surface area contributed by atoms with Crippen molar-refractivity contribution in [2.45, 2.75) is 32.9 Å². The highest BCUT2D eigenvalue weighted by Gasteiger charge is 2.17. The molecule has 2 N–H and O–H groups in total. The number of hydrogen-bond donors (Lipinski definition) is 1. The fraction of sp³-hybridized carbons (Fsp3) is 0.571. The smallest absolute Gasteiger partial charge is 0.0663 e. The van der Waals surface area contributed by atoms with Gasteiger partial charge in [0.1, 0.15) is 0 Å². The highest BCUT2D eigenvalue weighted by Crippen LogP contribution is 2.29. The maximum absolute atomic E-state index is 6.07. The van der Waals surface area contributed by atoms with Crippen LogP contribution in [0.5, 0.6) is 0 Å². The van der Waals surface area contributed by atoms with Crippen molar-refractivity contribution in [2.75, 3.05) is 25.2 Å². The summed E-state index contributed by atoms with van der Waals surface area (Å²) in [7, 11) is 1.73. The van der Waals surface area contributed by atoms with Crippen LogP contribution >= 0.6 is 15.9 Å². The second kappa shape index (κ2) is 7.12. The van der Waals surface area contributed by atoms with E-state index >= 15 is 0 Å². The molecule has 0 bridgehead atoms. The van der Waals surface area contributed by atoms with Gasteiger partial charge in [0.15, 0.2) is 0 Å². The number of hydrogen-bond acceptors (Lipinski definition) is 3. The Bertz CT molecular complexity index is 382. The summed E-state index contributed by atoms with van der Waals surface area (Å²) >= 11 is 3.50. The van der Waals surface area contributed by atoms with Crippen LogP contribution in [0.4, 0.5) is 5.69 Å². The standard InChI is InChI=1S/C14H23BrN2O/c1-5-17(10(2)9-18-4)14-7-6-12(15)8-13(14)11(3)16/h6-8,10-11H,5,9,16H2,1-4H3. The molecule has 0 aliphatic carbocycles. The Kier molecular flexibility index (Phi) is 6.12. The highest BCUT2D eigenvalue weighted by molar-refractivity contribution is 9.10. The van der Waals surface area contributed by atoms with Gasteiger partial charge in [0.25, 0.3) is 0 Å². The zero-order valence-electron chi connectivity index (χ0n) is 11.6. The van der Waals surface area contributed by atoms with Gasteiger partial charge in [-0.15, -0.1) is 0 Å². The highest BCUT2D eigenvalue weighted by atomic mass is 79.9. The number of halogens is 1. The number of anilines is 1. The Morgan fingerprint density at radius 1 is 1.39 bits per heavy atom. The predicted octanol–water partition coefficient (Wildman–Crippen LogP) is 3.33. The lowest BCUT2D eigenvalue weighted by Gasteiger charge is -2.32. The van der Waals surface area contributed by atoms with Gasteiger partial charge in [0.2, 0.25) is 0 Å². The van der Waals surface area contributed by atoms with E-state index < -0.39 is 0 Å². The molecule has 0 amide bonds. The second-order valence-electron chi connectivity index (χ2n) is 4.58. The predicted molar refractivity (Wildman–Crippen MR) is 81.1 cm³/mol. The molecule has 18 heavy (non-hydrogen) atoms. The van der Waals surface area contributed by atoms with Gasteiger partial charge in [0.05, 0.1) is 6.61 Å². The van der Waals surface area contributed by atoms with E-state index in [0.717, 1.165) is 16.6 Å². The summed E-state index contributed by atoms with van der Waals surface area (Å²) in [6.07, 6.45) is 0. The molecule has 0 fully saturated rings. The van der Waals surface area contributed by atoms with Crippen LogP contribution in [0.2, 0.25) is 0 Å². The lowest BCUT2D eigenvalue weighted by Crippen LogP contribution is -2.37. The summed E-state index contributed by atoms with van der Waals surface area (Å²) < 4.78 is 6.31. The number of likely N-dealkylation sites (N-methyl/N-ethyl adjacent to an activating group) is 1. The SMILES string of the molecule is CCN(c1ccc(Br)cc1C(C)N)C(C)COC. The number of methoxy groups -OCH3 is 1. The van der Waals surface area contributed by atoms with Gasteiger partial charge in [-0.05, 0) is 44.5 Å². The molecule has 0 aliphatic heterocycles. The Labute approximate surface area is 118 Å². The van der Waals surface area contributed by atoms with Crippen LogP contribution in [-0.4, -0.2) is 26.3 Å². The summed E-state index contributed by atoms with van der Waals surface area (Å²) in [5.74, 6) is 0. The van der Waals surface area contributed by atoms with E-state index in [1.165, 1.54) is 5.69 Å². The molecule has 0 radical (unpaired) electrons. The van der Waals surface area contributed by atoms with E-state index in [2.05, 4.69) is 52.9 Å². The third-order valence-electron chi connectivity index (χ3n) is 3.07. The average molecular weight is 315 g/mol. The summed E-state index contributed by atoms with van der Waals surface area (Å²) in [6.45, 7) is 7.98. The van der Waals surface area contributed by atoms with Gasteiger partial charge in [-0.25, -0.2) is 0 Å². The maximum Gasteiger partial charge on any atom is 0.0663 e. The lowest BCUT2D eigenvalue weighted by molar-refractivity contribution is 0.182. The molecule has 2 unspecified atom stereocenters. The molecule has 0 heterocycles. The Morgan fingerprint density at radius 2 is 2.06 bits per heavy atom. The first-order valence-corrected chi connectivity index (χ1v) is 7.11. The van der Waals surface area contributed by atoms with Crippen LogP contribution in [0.3, 0.4) is 0 Å². The minimum atomic E-state index is 0.0151. The van der Waals surface area contributed by atoms with Gasteiger partial charge >= 0.3 is 0 Å². The van der Waals surface area contributed by atoms with E-state index in [1.807, 2.05) is 6.92 Å². The van der Waals surface area contributed by atoms with Gasteiger partial charge < -0.3 is 15.4 Å². The molecule has 0 aliphatic rings. The van der Waals surface area contributed by atoms with Gasteiger partial charge in [-0.1, -0.05) is 15.9 Å². The molecule has 102 valence electrons. The van der Waals surface area contributed by atoms with E-state index in [-0.39, 0.29) is 6.04 Å². The maximum atomic E-state index is 6.07. The molecule has 3 nitrogen and oxygen atoms in total. The molecule has 0 spiro atoms. The zero-order valence-corrected chi connectivity index (χ0v) is 13.2. The quantitative estimate of drug-likeness (QED) is 0.875. The third-order valence-corrected chi connectivity index (χ3v) is 3.56. The molecule has 0 saturated carbocycles. The van der Waals surface area contributed by atoms with E-state index in [1.54, 1.807) is 7.11 Å². The van der Waals surface area contributed by atoms with Crippen molar-refractivity contribution in [3.8, 4) is 0 Å². The molecule has 1 aromatic rings. The van der Waals surface area contributed by atoms with Crippen molar-refractivity contribution in [3.05, 3.63) is 28.2 Å². The van der Waals surface area contributed by atoms with Crippen molar-refractivity contribution in [1.29, 1.82) is 0 Å². The second-order valence-corrected chi connectivity index (χ2v) is 5.50. The Balaban J connectivity index is 3.12. The summed E-state index contributed by atoms with van der Waals surface area (Å²) in [5, 5.41) is 0. The van der Waals surface area contributed by atoms with Crippen molar-refractivity contribution in [2.24, 2.45) is 5.73 Å². The fourth-order valence-electron chi connectivity index (χ4n) is 2.20. The topological polar surface area (TPSA) is 38.5 Å². The molecule has 4 heteroatoms.